The molecule has 0 amide bonds. The zero-order valence-electron chi connectivity index (χ0n) is 10.6. The lowest BCUT2D eigenvalue weighted by atomic mass is 10.2. The highest BCUT2D eigenvalue weighted by Gasteiger charge is 2.11. The SMILES string of the molecule is COC(=O)c1ccc(COc2ccc(CN)cc2)o1. The Labute approximate surface area is 110 Å². The number of carbonyl (C=O) groups is 1. The summed E-state index contributed by atoms with van der Waals surface area (Å²) in [5, 5.41) is 0. The number of hydrogen-bond acceptors (Lipinski definition) is 5. The van der Waals surface area contributed by atoms with Crippen molar-refractivity contribution in [1.82, 2.24) is 0 Å². The van der Waals surface area contributed by atoms with Crippen LogP contribution in [0, 0.1) is 0 Å². The fourth-order valence-corrected chi connectivity index (χ4v) is 1.54. The van der Waals surface area contributed by atoms with Gasteiger partial charge in [0.1, 0.15) is 18.1 Å². The summed E-state index contributed by atoms with van der Waals surface area (Å²) < 4.78 is 15.4. The average Bonchev–Trinajstić information content (AvgIpc) is 2.93. The van der Waals surface area contributed by atoms with Gasteiger partial charge in [-0.25, -0.2) is 4.79 Å². The molecular weight excluding hydrogens is 246 g/mol. The van der Waals surface area contributed by atoms with E-state index in [2.05, 4.69) is 4.74 Å². The summed E-state index contributed by atoms with van der Waals surface area (Å²) in [5.74, 6) is 0.939. The van der Waals surface area contributed by atoms with Gasteiger partial charge < -0.3 is 19.6 Å². The first-order valence-corrected chi connectivity index (χ1v) is 5.81. The summed E-state index contributed by atoms with van der Waals surface area (Å²) in [6.45, 7) is 0.750. The smallest absolute Gasteiger partial charge is 0.373 e. The molecule has 19 heavy (non-hydrogen) atoms. The number of carbonyl (C=O) groups excluding carboxylic acids is 1. The first-order valence-electron chi connectivity index (χ1n) is 5.81. The van der Waals surface area contributed by atoms with Crippen LogP contribution in [0.25, 0.3) is 0 Å². The molecule has 2 rings (SSSR count). The highest BCUT2D eigenvalue weighted by Crippen LogP contribution is 2.15. The van der Waals surface area contributed by atoms with E-state index in [9.17, 15) is 4.79 Å². The third kappa shape index (κ3) is 3.35. The molecule has 0 aliphatic heterocycles. The van der Waals surface area contributed by atoms with Gasteiger partial charge in [-0.05, 0) is 29.8 Å². The summed E-state index contributed by atoms with van der Waals surface area (Å²) in [4.78, 5) is 11.2. The van der Waals surface area contributed by atoms with E-state index in [0.29, 0.717) is 18.1 Å². The van der Waals surface area contributed by atoms with Crippen molar-refractivity contribution in [2.24, 2.45) is 5.73 Å². The maximum atomic E-state index is 11.2. The molecular formula is C14H15NO4. The number of furan rings is 1. The summed E-state index contributed by atoms with van der Waals surface area (Å²) in [5.41, 5.74) is 6.55. The minimum atomic E-state index is -0.501. The number of rotatable bonds is 5. The molecule has 0 fully saturated rings. The van der Waals surface area contributed by atoms with E-state index in [-0.39, 0.29) is 12.4 Å². The third-order valence-corrected chi connectivity index (χ3v) is 2.59. The monoisotopic (exact) mass is 261 g/mol. The Hall–Kier alpha value is -2.27. The molecule has 0 aliphatic rings. The Bertz CT molecular complexity index is 545. The number of ether oxygens (including phenoxy) is 2. The summed E-state index contributed by atoms with van der Waals surface area (Å²) in [7, 11) is 1.31. The van der Waals surface area contributed by atoms with Crippen molar-refractivity contribution < 1.29 is 18.7 Å². The van der Waals surface area contributed by atoms with Crippen LogP contribution < -0.4 is 10.5 Å². The molecule has 1 heterocycles. The molecule has 100 valence electrons. The molecule has 0 bridgehead atoms. The Balaban J connectivity index is 1.94. The van der Waals surface area contributed by atoms with Crippen molar-refractivity contribution in [2.75, 3.05) is 7.11 Å². The van der Waals surface area contributed by atoms with Crippen molar-refractivity contribution in [1.29, 1.82) is 0 Å². The zero-order chi connectivity index (χ0) is 13.7. The average molecular weight is 261 g/mol. The van der Waals surface area contributed by atoms with Gasteiger partial charge in [-0.15, -0.1) is 0 Å². The molecule has 1 aromatic heterocycles. The van der Waals surface area contributed by atoms with Crippen LogP contribution in [0.15, 0.2) is 40.8 Å². The van der Waals surface area contributed by atoms with E-state index in [4.69, 9.17) is 14.9 Å². The lowest BCUT2D eigenvalue weighted by molar-refractivity contribution is 0.0561. The molecule has 0 atom stereocenters. The first kappa shape index (κ1) is 13.2. The van der Waals surface area contributed by atoms with E-state index in [1.54, 1.807) is 12.1 Å². The van der Waals surface area contributed by atoms with Gasteiger partial charge in [-0.3, -0.25) is 0 Å². The predicted octanol–water partition coefficient (Wildman–Crippen LogP) is 2.10. The number of methoxy groups -OCH3 is 1. The van der Waals surface area contributed by atoms with Crippen LogP contribution in [0.3, 0.4) is 0 Å². The molecule has 5 heteroatoms. The van der Waals surface area contributed by atoms with Gasteiger partial charge >= 0.3 is 5.97 Å². The van der Waals surface area contributed by atoms with Gasteiger partial charge in [0.15, 0.2) is 0 Å². The van der Waals surface area contributed by atoms with Crippen LogP contribution in [0.1, 0.15) is 21.9 Å². The number of nitrogens with two attached hydrogens (primary N) is 1. The van der Waals surface area contributed by atoms with Crippen molar-refractivity contribution >= 4 is 5.97 Å². The zero-order valence-corrected chi connectivity index (χ0v) is 10.6. The summed E-state index contributed by atoms with van der Waals surface area (Å²) in [6.07, 6.45) is 0. The Morgan fingerprint density at radius 3 is 2.58 bits per heavy atom. The van der Waals surface area contributed by atoms with E-state index in [1.165, 1.54) is 7.11 Å². The normalized spacial score (nSPS) is 10.2. The topological polar surface area (TPSA) is 74.7 Å². The maximum absolute atomic E-state index is 11.2. The maximum Gasteiger partial charge on any atom is 0.373 e. The van der Waals surface area contributed by atoms with Crippen LogP contribution in [-0.4, -0.2) is 13.1 Å². The van der Waals surface area contributed by atoms with E-state index in [1.807, 2.05) is 24.3 Å². The Morgan fingerprint density at radius 1 is 1.21 bits per heavy atom. The molecule has 0 aliphatic carbocycles. The molecule has 0 saturated heterocycles. The summed E-state index contributed by atoms with van der Waals surface area (Å²) in [6, 6.07) is 10.7. The van der Waals surface area contributed by atoms with Crippen molar-refractivity contribution in [3.63, 3.8) is 0 Å². The predicted molar refractivity (Wildman–Crippen MR) is 68.7 cm³/mol. The second-order valence-corrected chi connectivity index (χ2v) is 3.89. The van der Waals surface area contributed by atoms with Gasteiger partial charge in [0.2, 0.25) is 5.76 Å². The molecule has 0 spiro atoms. The van der Waals surface area contributed by atoms with Gasteiger partial charge in [-0.2, -0.15) is 0 Å². The third-order valence-electron chi connectivity index (χ3n) is 2.59. The lowest BCUT2D eigenvalue weighted by Gasteiger charge is -2.04. The van der Waals surface area contributed by atoms with Crippen LogP contribution in [0.2, 0.25) is 0 Å². The molecule has 1 aromatic carbocycles. The minimum Gasteiger partial charge on any atom is -0.486 e. The number of esters is 1. The van der Waals surface area contributed by atoms with Gasteiger partial charge in [-0.1, -0.05) is 12.1 Å². The Morgan fingerprint density at radius 2 is 1.95 bits per heavy atom. The standard InChI is InChI=1S/C14H15NO4/c1-17-14(16)13-7-6-12(19-13)9-18-11-4-2-10(8-15)3-5-11/h2-7H,8-9,15H2,1H3. The van der Waals surface area contributed by atoms with Gasteiger partial charge in [0, 0.05) is 6.54 Å². The number of hydrogen-bond donors (Lipinski definition) is 1. The quantitative estimate of drug-likeness (QED) is 0.834. The fraction of sp³-hybridized carbons (Fsp3) is 0.214. The van der Waals surface area contributed by atoms with Gasteiger partial charge in [0.25, 0.3) is 0 Å². The van der Waals surface area contributed by atoms with Crippen molar-refractivity contribution in [2.45, 2.75) is 13.2 Å². The second-order valence-electron chi connectivity index (χ2n) is 3.89. The van der Waals surface area contributed by atoms with Crippen LogP contribution >= 0.6 is 0 Å². The lowest BCUT2D eigenvalue weighted by Crippen LogP contribution is -1.99. The fourth-order valence-electron chi connectivity index (χ4n) is 1.54. The highest BCUT2D eigenvalue weighted by molar-refractivity contribution is 5.86. The second kappa shape index (κ2) is 6.06. The van der Waals surface area contributed by atoms with E-state index in [0.717, 1.165) is 5.56 Å². The summed E-state index contributed by atoms with van der Waals surface area (Å²) >= 11 is 0. The molecule has 0 radical (unpaired) electrons. The van der Waals surface area contributed by atoms with Crippen LogP contribution in [0.5, 0.6) is 5.75 Å². The minimum absolute atomic E-state index is 0.166. The van der Waals surface area contributed by atoms with Crippen molar-refractivity contribution in [3.05, 3.63) is 53.5 Å². The van der Waals surface area contributed by atoms with Gasteiger partial charge in [0.05, 0.1) is 7.11 Å². The molecule has 2 aromatic rings. The van der Waals surface area contributed by atoms with E-state index >= 15 is 0 Å². The Kier molecular flexibility index (Phi) is 4.20. The first-order chi connectivity index (χ1) is 9.22. The molecule has 2 N–H and O–H groups in total. The largest absolute Gasteiger partial charge is 0.486 e. The highest BCUT2D eigenvalue weighted by atomic mass is 16.5. The van der Waals surface area contributed by atoms with Crippen LogP contribution in [0.4, 0.5) is 0 Å². The van der Waals surface area contributed by atoms with E-state index < -0.39 is 5.97 Å². The molecule has 0 saturated carbocycles. The van der Waals surface area contributed by atoms with Crippen molar-refractivity contribution in [3.8, 4) is 5.75 Å². The number of benzene rings is 1. The molecule has 0 unspecified atom stereocenters. The van der Waals surface area contributed by atoms with Crippen LogP contribution in [-0.2, 0) is 17.9 Å². The molecule has 5 nitrogen and oxygen atoms in total.